The van der Waals surface area contributed by atoms with Crippen molar-refractivity contribution in [2.45, 2.75) is 26.2 Å². The second kappa shape index (κ2) is 3.74. The monoisotopic (exact) mass is 191 g/mol. The van der Waals surface area contributed by atoms with Crippen LogP contribution in [0.25, 0.3) is 0 Å². The Kier molecular flexibility index (Phi) is 2.43. The molecule has 0 saturated heterocycles. The number of fused-ring (bicyclic) bond motifs is 1. The van der Waals surface area contributed by atoms with Gasteiger partial charge in [-0.2, -0.15) is 0 Å². The summed E-state index contributed by atoms with van der Waals surface area (Å²) in [5, 5.41) is 3.99. The van der Waals surface area contributed by atoms with Crippen LogP contribution in [0.4, 0.5) is 0 Å². The summed E-state index contributed by atoms with van der Waals surface area (Å²) in [5.41, 5.74) is 3.11. The Bertz CT molecular complexity index is 374. The van der Waals surface area contributed by atoms with E-state index in [1.165, 1.54) is 0 Å². The van der Waals surface area contributed by atoms with Gasteiger partial charge in [0.2, 0.25) is 0 Å². The van der Waals surface area contributed by atoms with Crippen LogP contribution >= 0.6 is 0 Å². The summed E-state index contributed by atoms with van der Waals surface area (Å²) in [6.07, 6.45) is 4.90. The molecule has 2 rings (SSSR count). The molecule has 4 nitrogen and oxygen atoms in total. The van der Waals surface area contributed by atoms with Gasteiger partial charge in [-0.1, -0.05) is 5.16 Å². The van der Waals surface area contributed by atoms with Gasteiger partial charge in [0.05, 0.1) is 11.4 Å². The minimum Gasteiger partial charge on any atom is -0.399 e. The molecule has 0 unspecified atom stereocenters. The summed E-state index contributed by atoms with van der Waals surface area (Å²) < 4.78 is 0. The Morgan fingerprint density at radius 1 is 1.43 bits per heavy atom. The number of hydrogen-bond acceptors (Lipinski definition) is 4. The summed E-state index contributed by atoms with van der Waals surface area (Å²) >= 11 is 0. The fraction of sp³-hybridized carbons (Fsp3) is 0.500. The molecule has 1 aliphatic carbocycles. The van der Waals surface area contributed by atoms with Crippen LogP contribution < -0.4 is 0 Å². The number of hydrogen-bond donors (Lipinski definition) is 0. The maximum absolute atomic E-state index is 4.80. The molecular weight excluding hydrogens is 178 g/mol. The summed E-state index contributed by atoms with van der Waals surface area (Å²) in [5.74, 6) is 0.822. The van der Waals surface area contributed by atoms with Gasteiger partial charge in [0.25, 0.3) is 0 Å². The van der Waals surface area contributed by atoms with Gasteiger partial charge in [0.1, 0.15) is 12.9 Å². The molecule has 0 aliphatic heterocycles. The summed E-state index contributed by atoms with van der Waals surface area (Å²) in [6.45, 7) is 1.90. The predicted octanol–water partition coefficient (Wildman–Crippen LogP) is 1.47. The van der Waals surface area contributed by atoms with Crippen LogP contribution in [0.2, 0.25) is 0 Å². The average Bonchev–Trinajstić information content (AvgIpc) is 2.18. The van der Waals surface area contributed by atoms with Gasteiger partial charge in [-0.25, -0.2) is 9.97 Å². The van der Waals surface area contributed by atoms with Gasteiger partial charge < -0.3 is 4.84 Å². The maximum Gasteiger partial charge on any atom is 0.125 e. The minimum atomic E-state index is 0.822. The van der Waals surface area contributed by atoms with Crippen molar-refractivity contribution in [1.82, 2.24) is 9.97 Å². The smallest absolute Gasteiger partial charge is 0.125 e. The third kappa shape index (κ3) is 1.60. The Labute approximate surface area is 83.0 Å². The first-order valence-electron chi connectivity index (χ1n) is 4.74. The highest BCUT2D eigenvalue weighted by molar-refractivity contribution is 6.01. The second-order valence-electron chi connectivity index (χ2n) is 3.35. The standard InChI is InChI=1S/C10H13N3O/c1-7-11-6-8-9(12-7)4-3-5-10(8)13-14-2/h6H,3-5H2,1-2H3/b13-10+. The molecule has 0 N–H and O–H groups in total. The van der Waals surface area contributed by atoms with Crippen molar-refractivity contribution >= 4 is 5.71 Å². The molecule has 1 heterocycles. The molecule has 14 heavy (non-hydrogen) atoms. The maximum atomic E-state index is 4.80. The van der Waals surface area contributed by atoms with Crippen LogP contribution in [0.1, 0.15) is 29.9 Å². The topological polar surface area (TPSA) is 47.4 Å². The Morgan fingerprint density at radius 2 is 2.29 bits per heavy atom. The minimum absolute atomic E-state index is 0.822. The van der Waals surface area contributed by atoms with Crippen LogP contribution in [0.3, 0.4) is 0 Å². The van der Waals surface area contributed by atoms with E-state index in [-0.39, 0.29) is 0 Å². The van der Waals surface area contributed by atoms with E-state index in [4.69, 9.17) is 4.84 Å². The third-order valence-electron chi connectivity index (χ3n) is 2.33. The van der Waals surface area contributed by atoms with Crippen molar-refractivity contribution in [3.63, 3.8) is 0 Å². The largest absolute Gasteiger partial charge is 0.399 e. The summed E-state index contributed by atoms with van der Waals surface area (Å²) in [4.78, 5) is 13.4. The van der Waals surface area contributed by atoms with Gasteiger partial charge in [-0.3, -0.25) is 0 Å². The van der Waals surface area contributed by atoms with E-state index >= 15 is 0 Å². The molecule has 74 valence electrons. The van der Waals surface area contributed by atoms with Crippen molar-refractivity contribution in [3.8, 4) is 0 Å². The highest BCUT2D eigenvalue weighted by Gasteiger charge is 2.17. The van der Waals surface area contributed by atoms with E-state index in [2.05, 4.69) is 15.1 Å². The van der Waals surface area contributed by atoms with Crippen molar-refractivity contribution < 1.29 is 4.84 Å². The molecule has 0 spiro atoms. The first-order valence-corrected chi connectivity index (χ1v) is 4.74. The molecule has 0 radical (unpaired) electrons. The van der Waals surface area contributed by atoms with E-state index < -0.39 is 0 Å². The zero-order chi connectivity index (χ0) is 9.97. The summed E-state index contributed by atoms with van der Waals surface area (Å²) in [6, 6.07) is 0. The van der Waals surface area contributed by atoms with Crippen LogP contribution in [0.5, 0.6) is 0 Å². The van der Waals surface area contributed by atoms with Gasteiger partial charge in [0.15, 0.2) is 0 Å². The zero-order valence-corrected chi connectivity index (χ0v) is 8.45. The quantitative estimate of drug-likeness (QED) is 0.631. The van der Waals surface area contributed by atoms with Crippen LogP contribution in [-0.4, -0.2) is 22.8 Å². The molecule has 4 heteroatoms. The number of nitrogens with zero attached hydrogens (tertiary/aromatic N) is 3. The fourth-order valence-electron chi connectivity index (χ4n) is 1.71. The summed E-state index contributed by atoms with van der Waals surface area (Å²) in [7, 11) is 1.57. The first-order chi connectivity index (χ1) is 6.81. The van der Waals surface area contributed by atoms with E-state index in [1.54, 1.807) is 7.11 Å². The van der Waals surface area contributed by atoms with Crippen LogP contribution in [0, 0.1) is 6.92 Å². The van der Waals surface area contributed by atoms with Crippen molar-refractivity contribution in [1.29, 1.82) is 0 Å². The lowest BCUT2D eigenvalue weighted by Crippen LogP contribution is -2.15. The Balaban J connectivity index is 2.45. The first kappa shape index (κ1) is 9.12. The van der Waals surface area contributed by atoms with Gasteiger partial charge >= 0.3 is 0 Å². The van der Waals surface area contributed by atoms with Crippen molar-refractivity contribution in [3.05, 3.63) is 23.3 Å². The molecule has 1 aromatic rings. The molecule has 0 bridgehead atoms. The lowest BCUT2D eigenvalue weighted by atomic mass is 9.95. The number of aryl methyl sites for hydroxylation is 2. The second-order valence-corrected chi connectivity index (χ2v) is 3.35. The third-order valence-corrected chi connectivity index (χ3v) is 2.33. The number of rotatable bonds is 1. The van der Waals surface area contributed by atoms with Gasteiger partial charge in [0, 0.05) is 11.8 Å². The van der Waals surface area contributed by atoms with Crippen molar-refractivity contribution in [2.75, 3.05) is 7.11 Å². The van der Waals surface area contributed by atoms with Crippen LogP contribution in [0.15, 0.2) is 11.4 Å². The van der Waals surface area contributed by atoms with E-state index in [1.807, 2.05) is 13.1 Å². The highest BCUT2D eigenvalue weighted by atomic mass is 16.6. The Morgan fingerprint density at radius 3 is 3.07 bits per heavy atom. The van der Waals surface area contributed by atoms with E-state index in [0.717, 1.165) is 42.1 Å². The zero-order valence-electron chi connectivity index (χ0n) is 8.45. The molecule has 1 aliphatic rings. The van der Waals surface area contributed by atoms with E-state index in [0.29, 0.717) is 0 Å². The Hall–Kier alpha value is -1.45. The molecule has 0 saturated carbocycles. The molecule has 0 fully saturated rings. The molecule has 0 aromatic carbocycles. The number of oxime groups is 1. The van der Waals surface area contributed by atoms with Crippen molar-refractivity contribution in [2.24, 2.45) is 5.16 Å². The van der Waals surface area contributed by atoms with Gasteiger partial charge in [-0.05, 0) is 26.2 Å². The van der Waals surface area contributed by atoms with Crippen LogP contribution in [-0.2, 0) is 11.3 Å². The number of aromatic nitrogens is 2. The SMILES string of the molecule is CO/N=C1\CCCc2nc(C)ncc21. The van der Waals surface area contributed by atoms with Gasteiger partial charge in [-0.15, -0.1) is 0 Å². The molecule has 0 atom stereocenters. The molecule has 1 aromatic heterocycles. The fourth-order valence-corrected chi connectivity index (χ4v) is 1.71. The molecular formula is C10H13N3O. The van der Waals surface area contributed by atoms with E-state index in [9.17, 15) is 0 Å². The molecule has 0 amide bonds. The lowest BCUT2D eigenvalue weighted by molar-refractivity contribution is 0.212. The highest BCUT2D eigenvalue weighted by Crippen LogP contribution is 2.19. The lowest BCUT2D eigenvalue weighted by Gasteiger charge is -2.15. The predicted molar refractivity (Wildman–Crippen MR) is 53.3 cm³/mol. The normalized spacial score (nSPS) is 18.0. The average molecular weight is 191 g/mol.